The van der Waals surface area contributed by atoms with E-state index in [2.05, 4.69) is 41.4 Å². The number of carbonyl (C=O) groups excluding carboxylic acids is 2. The van der Waals surface area contributed by atoms with Crippen LogP contribution in [-0.4, -0.2) is 21.8 Å². The molecule has 2 aromatic heterocycles. The van der Waals surface area contributed by atoms with Gasteiger partial charge in [0.25, 0.3) is 0 Å². The van der Waals surface area contributed by atoms with E-state index in [0.29, 0.717) is 53.8 Å². The van der Waals surface area contributed by atoms with Gasteiger partial charge in [-0.2, -0.15) is 0 Å². The van der Waals surface area contributed by atoms with Gasteiger partial charge in [0.2, 0.25) is 17.7 Å². The molecule has 0 aliphatic rings. The number of thioether (sulfide) groups is 1. The third-order valence-electron chi connectivity index (χ3n) is 4.65. The van der Waals surface area contributed by atoms with Crippen molar-refractivity contribution in [3.8, 4) is 0 Å². The van der Waals surface area contributed by atoms with E-state index in [-0.39, 0.29) is 17.2 Å². The number of rotatable bonds is 10. The minimum atomic E-state index is -0.115. The molecule has 0 bridgehead atoms. The average Bonchev–Trinajstić information content (AvgIpc) is 3.41. The van der Waals surface area contributed by atoms with Crippen LogP contribution in [0.2, 0.25) is 0 Å². The number of benzene rings is 1. The van der Waals surface area contributed by atoms with Crippen LogP contribution >= 0.6 is 23.1 Å². The molecule has 0 spiro atoms. The van der Waals surface area contributed by atoms with Crippen molar-refractivity contribution in [1.29, 1.82) is 0 Å². The molecule has 2 heterocycles. The molecule has 176 valence electrons. The van der Waals surface area contributed by atoms with E-state index in [0.717, 1.165) is 9.97 Å². The van der Waals surface area contributed by atoms with Crippen LogP contribution in [0.5, 0.6) is 0 Å². The number of unbranched alkanes of at least 4 members (excludes halogenated alkanes) is 1. The zero-order chi connectivity index (χ0) is 23.8. The zero-order valence-corrected chi connectivity index (χ0v) is 20.6. The molecule has 4 N–H and O–H groups in total. The Labute approximate surface area is 201 Å². The molecular weight excluding hydrogens is 458 g/mol. The third kappa shape index (κ3) is 7.90. The van der Waals surface area contributed by atoms with E-state index in [4.69, 9.17) is 10.2 Å². The minimum absolute atomic E-state index is 0.0719. The van der Waals surface area contributed by atoms with Gasteiger partial charge >= 0.3 is 0 Å². The number of carbonyl (C=O) groups is 2. The van der Waals surface area contributed by atoms with Crippen molar-refractivity contribution in [3.63, 3.8) is 0 Å². The fourth-order valence-electron chi connectivity index (χ4n) is 2.82. The minimum Gasteiger partial charge on any atom is -0.444 e. The molecule has 8 nitrogen and oxygen atoms in total. The van der Waals surface area contributed by atoms with Crippen LogP contribution in [0.4, 0.5) is 16.5 Å². The third-order valence-corrected chi connectivity index (χ3v) is 6.75. The summed E-state index contributed by atoms with van der Waals surface area (Å²) in [5.74, 6) is 1.90. The SMILES string of the molecule is CC(C)(C)c1cnc(CSc2cnc(NC(=O)CCCCC(=O)Nc3ccccc3N)s2)o1. The standard InChI is InChI=1S/C23H29N5O3S2/c1-23(2,3)17-12-25-20(31-17)14-32-21-13-26-22(33-21)28-19(30)11-7-6-10-18(29)27-16-9-5-4-8-15(16)24/h4-5,8-9,12-13H,6-7,10-11,14,24H2,1-3H3,(H,27,29)(H,26,28,30). The van der Waals surface area contributed by atoms with Gasteiger partial charge in [-0.25, -0.2) is 9.97 Å². The van der Waals surface area contributed by atoms with Gasteiger partial charge in [-0.15, -0.1) is 11.8 Å². The second-order valence-electron chi connectivity index (χ2n) is 8.53. The number of oxazole rings is 1. The van der Waals surface area contributed by atoms with Crippen LogP contribution in [0.25, 0.3) is 0 Å². The molecule has 0 saturated heterocycles. The number of nitrogens with zero attached hydrogens (tertiary/aromatic N) is 2. The smallest absolute Gasteiger partial charge is 0.226 e. The largest absolute Gasteiger partial charge is 0.444 e. The van der Waals surface area contributed by atoms with E-state index >= 15 is 0 Å². The van der Waals surface area contributed by atoms with Crippen LogP contribution in [-0.2, 0) is 20.8 Å². The van der Waals surface area contributed by atoms with Crippen LogP contribution < -0.4 is 16.4 Å². The quantitative estimate of drug-likeness (QED) is 0.198. The van der Waals surface area contributed by atoms with Gasteiger partial charge in [0, 0.05) is 18.3 Å². The molecule has 1 aromatic carbocycles. The predicted molar refractivity (Wildman–Crippen MR) is 133 cm³/mol. The molecule has 0 saturated carbocycles. The van der Waals surface area contributed by atoms with E-state index in [1.165, 1.54) is 11.3 Å². The van der Waals surface area contributed by atoms with Crippen LogP contribution in [0.3, 0.4) is 0 Å². The number of nitrogens with two attached hydrogens (primary N) is 1. The van der Waals surface area contributed by atoms with Gasteiger partial charge in [-0.05, 0) is 25.0 Å². The van der Waals surface area contributed by atoms with E-state index in [1.54, 1.807) is 36.3 Å². The Balaban J connectivity index is 1.34. The lowest BCUT2D eigenvalue weighted by atomic mass is 9.94. The van der Waals surface area contributed by atoms with Crippen molar-refractivity contribution in [3.05, 3.63) is 48.3 Å². The maximum atomic E-state index is 12.2. The molecule has 0 atom stereocenters. The van der Waals surface area contributed by atoms with Crippen molar-refractivity contribution in [2.75, 3.05) is 16.4 Å². The van der Waals surface area contributed by atoms with E-state index in [9.17, 15) is 9.59 Å². The number of nitrogen functional groups attached to an aromatic ring is 1. The summed E-state index contributed by atoms with van der Waals surface area (Å²) in [5, 5.41) is 6.16. The highest BCUT2D eigenvalue weighted by Crippen LogP contribution is 2.31. The Morgan fingerprint density at radius 3 is 2.42 bits per heavy atom. The Morgan fingerprint density at radius 2 is 1.76 bits per heavy atom. The molecular formula is C23H29N5O3S2. The average molecular weight is 488 g/mol. The summed E-state index contributed by atoms with van der Waals surface area (Å²) in [7, 11) is 0. The van der Waals surface area contributed by atoms with Gasteiger partial charge in [0.15, 0.2) is 5.13 Å². The van der Waals surface area contributed by atoms with Crippen molar-refractivity contribution < 1.29 is 14.0 Å². The highest BCUT2D eigenvalue weighted by Gasteiger charge is 2.19. The predicted octanol–water partition coefficient (Wildman–Crippen LogP) is 5.44. The number of thiazole rings is 1. The molecule has 0 aliphatic carbocycles. The van der Waals surface area contributed by atoms with Gasteiger partial charge in [0.1, 0.15) is 5.76 Å². The number of hydrogen-bond donors (Lipinski definition) is 3. The number of nitrogens with one attached hydrogen (secondary N) is 2. The van der Waals surface area contributed by atoms with E-state index < -0.39 is 0 Å². The van der Waals surface area contributed by atoms with Crippen molar-refractivity contribution in [1.82, 2.24) is 9.97 Å². The molecule has 3 aromatic rings. The molecule has 0 unspecified atom stereocenters. The Bertz CT molecular complexity index is 1090. The lowest BCUT2D eigenvalue weighted by molar-refractivity contribution is -0.118. The molecule has 0 fully saturated rings. The second kappa shape index (κ2) is 11.3. The fourth-order valence-corrected chi connectivity index (χ4v) is 4.56. The summed E-state index contributed by atoms with van der Waals surface area (Å²) in [6.07, 6.45) is 5.38. The van der Waals surface area contributed by atoms with Crippen molar-refractivity contribution >= 4 is 51.4 Å². The highest BCUT2D eigenvalue weighted by atomic mass is 32.2. The highest BCUT2D eigenvalue weighted by molar-refractivity contribution is 8.00. The van der Waals surface area contributed by atoms with E-state index in [1.807, 2.05) is 12.1 Å². The zero-order valence-electron chi connectivity index (χ0n) is 19.0. The fraction of sp³-hybridized carbons (Fsp3) is 0.391. The van der Waals surface area contributed by atoms with Crippen molar-refractivity contribution in [2.45, 2.75) is 61.8 Å². The molecule has 33 heavy (non-hydrogen) atoms. The first-order chi connectivity index (χ1) is 15.7. The van der Waals surface area contributed by atoms with Gasteiger partial charge in [-0.1, -0.05) is 44.2 Å². The first-order valence-electron chi connectivity index (χ1n) is 10.7. The summed E-state index contributed by atoms with van der Waals surface area (Å²) in [4.78, 5) is 32.8. The molecule has 3 rings (SSSR count). The molecule has 10 heteroatoms. The Kier molecular flexibility index (Phi) is 8.51. The van der Waals surface area contributed by atoms with Crippen LogP contribution in [0.1, 0.15) is 58.1 Å². The summed E-state index contributed by atoms with van der Waals surface area (Å²) >= 11 is 2.98. The second-order valence-corrected chi connectivity index (χ2v) is 10.8. The van der Waals surface area contributed by atoms with Gasteiger partial charge < -0.3 is 20.8 Å². The monoisotopic (exact) mass is 487 g/mol. The lowest BCUT2D eigenvalue weighted by Crippen LogP contribution is -2.14. The maximum absolute atomic E-state index is 12.2. The molecule has 0 radical (unpaired) electrons. The first kappa shape index (κ1) is 24.8. The topological polar surface area (TPSA) is 123 Å². The Hall–Kier alpha value is -2.85. The van der Waals surface area contributed by atoms with Crippen molar-refractivity contribution in [2.24, 2.45) is 0 Å². The summed E-state index contributed by atoms with van der Waals surface area (Å²) in [6.45, 7) is 6.25. The first-order valence-corrected chi connectivity index (χ1v) is 12.5. The maximum Gasteiger partial charge on any atom is 0.226 e. The summed E-state index contributed by atoms with van der Waals surface area (Å²) in [5.41, 5.74) is 6.89. The summed E-state index contributed by atoms with van der Waals surface area (Å²) in [6, 6.07) is 7.12. The van der Waals surface area contributed by atoms with Crippen LogP contribution in [0.15, 0.2) is 45.3 Å². The molecule has 0 aliphatic heterocycles. The van der Waals surface area contributed by atoms with Crippen LogP contribution in [0, 0.1) is 0 Å². The Morgan fingerprint density at radius 1 is 1.06 bits per heavy atom. The lowest BCUT2D eigenvalue weighted by Gasteiger charge is -2.12. The normalized spacial score (nSPS) is 11.4. The molecule has 2 amide bonds. The number of amides is 2. The van der Waals surface area contributed by atoms with Gasteiger partial charge in [0.05, 0.1) is 33.7 Å². The summed E-state index contributed by atoms with van der Waals surface area (Å²) < 4.78 is 6.77. The number of anilines is 3. The number of hydrogen-bond acceptors (Lipinski definition) is 8. The number of para-hydroxylation sites is 2. The van der Waals surface area contributed by atoms with Gasteiger partial charge in [-0.3, -0.25) is 9.59 Å². The number of aromatic nitrogens is 2.